The van der Waals surface area contributed by atoms with Crippen LogP contribution in [0.3, 0.4) is 0 Å². The minimum absolute atomic E-state index is 0.0420. The number of hydrogen-bond acceptors (Lipinski definition) is 7. The number of nitrogens with one attached hydrogen (secondary N) is 1. The molecule has 1 rings (SSSR count). The molecule has 0 fully saturated rings. The molecule has 8 nitrogen and oxygen atoms in total. The number of esters is 2. The predicted molar refractivity (Wildman–Crippen MR) is 88.2 cm³/mol. The smallest absolute Gasteiger partial charge is 0.387 e. The van der Waals surface area contributed by atoms with E-state index in [0.29, 0.717) is 5.56 Å². The zero-order chi connectivity index (χ0) is 20.2. The van der Waals surface area contributed by atoms with Crippen LogP contribution in [0.1, 0.15) is 12.5 Å². The fourth-order valence-electron chi connectivity index (χ4n) is 1.78. The summed E-state index contributed by atoms with van der Waals surface area (Å²) in [4.78, 5) is 34.0. The van der Waals surface area contributed by atoms with Crippen LogP contribution in [0.2, 0.25) is 0 Å². The van der Waals surface area contributed by atoms with Crippen LogP contribution in [-0.2, 0) is 30.4 Å². The van der Waals surface area contributed by atoms with E-state index in [4.69, 9.17) is 4.74 Å². The molecule has 0 saturated heterocycles. The molecule has 0 atom stereocenters. The lowest BCUT2D eigenvalue weighted by Gasteiger charge is -2.12. The molecule has 0 heterocycles. The number of carbonyl (C=O) groups excluding carboxylic acids is 3. The second-order valence-electron chi connectivity index (χ2n) is 4.83. The lowest BCUT2D eigenvalue weighted by atomic mass is 10.2. The van der Waals surface area contributed by atoms with E-state index >= 15 is 0 Å². The summed E-state index contributed by atoms with van der Waals surface area (Å²) < 4.78 is 43.0. The van der Waals surface area contributed by atoms with E-state index < -0.39 is 31.1 Å². The summed E-state index contributed by atoms with van der Waals surface area (Å²) in [5.41, 5.74) is 0.551. The normalized spacial score (nSPS) is 10.6. The monoisotopic (exact) mass is 387 g/mol. The molecule has 0 aromatic heterocycles. The largest absolute Gasteiger partial charge is 0.493 e. The van der Waals surface area contributed by atoms with Gasteiger partial charge in [0, 0.05) is 18.7 Å². The Balaban J connectivity index is 2.46. The Bertz CT molecular complexity index is 692. The Morgan fingerprint density at radius 3 is 2.37 bits per heavy atom. The summed E-state index contributed by atoms with van der Waals surface area (Å²) >= 11 is 0. The number of alkyl halides is 2. The average molecular weight is 387 g/mol. The van der Waals surface area contributed by atoms with E-state index in [0.717, 1.165) is 12.2 Å². The third-order valence-corrected chi connectivity index (χ3v) is 2.92. The van der Waals surface area contributed by atoms with Crippen LogP contribution in [0.4, 0.5) is 8.78 Å². The van der Waals surface area contributed by atoms with Gasteiger partial charge >= 0.3 is 18.6 Å². The zero-order valence-electron chi connectivity index (χ0n) is 14.7. The van der Waals surface area contributed by atoms with Gasteiger partial charge < -0.3 is 24.3 Å². The number of rotatable bonds is 10. The second kappa shape index (κ2) is 11.4. The molecule has 0 aliphatic rings. The van der Waals surface area contributed by atoms with Crippen molar-refractivity contribution < 1.29 is 42.1 Å². The summed E-state index contributed by atoms with van der Waals surface area (Å²) in [5, 5.41) is 2.47. The van der Waals surface area contributed by atoms with E-state index in [2.05, 4.69) is 19.5 Å². The van der Waals surface area contributed by atoms with E-state index in [1.165, 1.54) is 25.3 Å². The van der Waals surface area contributed by atoms with Gasteiger partial charge in [0.1, 0.15) is 0 Å². The highest BCUT2D eigenvalue weighted by Gasteiger charge is 2.12. The molecule has 148 valence electrons. The van der Waals surface area contributed by atoms with Gasteiger partial charge in [-0.15, -0.1) is 0 Å². The number of amides is 1. The molecule has 27 heavy (non-hydrogen) atoms. The van der Waals surface area contributed by atoms with Crippen molar-refractivity contribution in [2.75, 3.05) is 20.3 Å². The number of methoxy groups -OCH3 is 1. The molecule has 0 aliphatic carbocycles. The fourth-order valence-corrected chi connectivity index (χ4v) is 1.78. The highest BCUT2D eigenvalue weighted by molar-refractivity contribution is 5.92. The molecule has 0 saturated carbocycles. The number of benzene rings is 1. The van der Waals surface area contributed by atoms with Crippen LogP contribution in [0.5, 0.6) is 11.5 Å². The number of hydrogen-bond donors (Lipinski definition) is 1. The van der Waals surface area contributed by atoms with Crippen molar-refractivity contribution in [1.29, 1.82) is 0 Å². The van der Waals surface area contributed by atoms with Crippen molar-refractivity contribution in [3.63, 3.8) is 0 Å². The van der Waals surface area contributed by atoms with Gasteiger partial charge in [-0.2, -0.15) is 8.78 Å². The van der Waals surface area contributed by atoms with Gasteiger partial charge in [0.05, 0.1) is 13.7 Å². The Kier molecular flexibility index (Phi) is 9.27. The minimum Gasteiger partial charge on any atom is -0.493 e. The second-order valence-corrected chi connectivity index (χ2v) is 4.83. The molecule has 0 spiro atoms. The van der Waals surface area contributed by atoms with Crippen molar-refractivity contribution in [3.05, 3.63) is 35.9 Å². The summed E-state index contributed by atoms with van der Waals surface area (Å²) in [6.07, 6.45) is 1.73. The van der Waals surface area contributed by atoms with Crippen molar-refractivity contribution in [2.24, 2.45) is 0 Å². The molecule has 1 aromatic carbocycles. The topological polar surface area (TPSA) is 100 Å². The summed E-state index contributed by atoms with van der Waals surface area (Å²) in [5.74, 6) is -2.23. The van der Waals surface area contributed by atoms with Crippen molar-refractivity contribution >= 4 is 17.8 Å². The van der Waals surface area contributed by atoms with Gasteiger partial charge in [-0.05, 0) is 24.6 Å². The summed E-state index contributed by atoms with van der Waals surface area (Å²) in [7, 11) is 1.29. The minimum atomic E-state index is -2.99. The first-order valence-corrected chi connectivity index (χ1v) is 7.75. The molecular weight excluding hydrogens is 368 g/mol. The van der Waals surface area contributed by atoms with Gasteiger partial charge in [-0.1, -0.05) is 6.07 Å². The van der Waals surface area contributed by atoms with E-state index in [9.17, 15) is 23.2 Å². The number of halogens is 2. The van der Waals surface area contributed by atoms with Crippen molar-refractivity contribution in [2.45, 2.75) is 20.1 Å². The molecular formula is C17H19F2NO7. The average Bonchev–Trinajstić information content (AvgIpc) is 2.63. The maximum atomic E-state index is 12.3. The first kappa shape index (κ1) is 21.9. The van der Waals surface area contributed by atoms with E-state index in [1.807, 2.05) is 0 Å². The Morgan fingerprint density at radius 2 is 1.78 bits per heavy atom. The molecule has 0 unspecified atom stereocenters. The highest BCUT2D eigenvalue weighted by atomic mass is 19.3. The first-order valence-electron chi connectivity index (χ1n) is 7.75. The summed E-state index contributed by atoms with van der Waals surface area (Å²) in [6.45, 7) is -1.72. The van der Waals surface area contributed by atoms with Crippen molar-refractivity contribution in [3.8, 4) is 11.5 Å². The standard InChI is InChI=1S/C17H19F2NO7/c1-3-25-15(22)6-7-16(23)26-10-14(21)20-9-11-4-5-12(27-17(18)19)13(8-11)24-2/h4-8,17H,3,9-10H2,1-2H3,(H,20,21)/b7-6+. The lowest BCUT2D eigenvalue weighted by Crippen LogP contribution is -2.28. The lowest BCUT2D eigenvalue weighted by molar-refractivity contribution is -0.144. The van der Waals surface area contributed by atoms with Crippen LogP contribution in [0, 0.1) is 0 Å². The SMILES string of the molecule is CCOC(=O)/C=C/C(=O)OCC(=O)NCc1ccc(OC(F)F)c(OC)c1. The van der Waals surface area contributed by atoms with E-state index in [-0.39, 0.29) is 24.7 Å². The molecule has 0 radical (unpaired) electrons. The van der Waals surface area contributed by atoms with Gasteiger partial charge in [-0.25, -0.2) is 9.59 Å². The Morgan fingerprint density at radius 1 is 1.11 bits per heavy atom. The molecule has 1 N–H and O–H groups in total. The van der Waals surface area contributed by atoms with E-state index in [1.54, 1.807) is 6.92 Å². The molecule has 10 heteroatoms. The third-order valence-electron chi connectivity index (χ3n) is 2.92. The molecule has 0 aliphatic heterocycles. The van der Waals surface area contributed by atoms with Crippen LogP contribution in [-0.4, -0.2) is 44.8 Å². The Hall–Kier alpha value is -3.17. The van der Waals surface area contributed by atoms with Crippen LogP contribution < -0.4 is 14.8 Å². The predicted octanol–water partition coefficient (Wildman–Crippen LogP) is 1.58. The van der Waals surface area contributed by atoms with Gasteiger partial charge in [0.2, 0.25) is 0 Å². The number of carbonyl (C=O) groups is 3. The Labute approximate surface area is 154 Å². The zero-order valence-corrected chi connectivity index (χ0v) is 14.7. The number of ether oxygens (including phenoxy) is 4. The molecule has 0 bridgehead atoms. The highest BCUT2D eigenvalue weighted by Crippen LogP contribution is 2.29. The third kappa shape index (κ3) is 8.66. The van der Waals surface area contributed by atoms with Crippen LogP contribution in [0.15, 0.2) is 30.4 Å². The maximum absolute atomic E-state index is 12.3. The quantitative estimate of drug-likeness (QED) is 0.480. The van der Waals surface area contributed by atoms with Gasteiger partial charge in [0.15, 0.2) is 18.1 Å². The molecule has 1 aromatic rings. The first-order chi connectivity index (χ1) is 12.8. The van der Waals surface area contributed by atoms with Gasteiger partial charge in [0.25, 0.3) is 5.91 Å². The van der Waals surface area contributed by atoms with Crippen molar-refractivity contribution in [1.82, 2.24) is 5.32 Å². The fraction of sp³-hybridized carbons (Fsp3) is 0.353. The van der Waals surface area contributed by atoms with Gasteiger partial charge in [-0.3, -0.25) is 4.79 Å². The van der Waals surface area contributed by atoms with Crippen LogP contribution in [0.25, 0.3) is 0 Å². The molecule has 1 amide bonds. The maximum Gasteiger partial charge on any atom is 0.387 e. The summed E-state index contributed by atoms with van der Waals surface area (Å²) in [6, 6.07) is 4.17. The van der Waals surface area contributed by atoms with Crippen LogP contribution >= 0.6 is 0 Å².